The molecule has 0 N–H and O–H groups in total. The summed E-state index contributed by atoms with van der Waals surface area (Å²) >= 11 is 0. The topological polar surface area (TPSA) is 29.5 Å². The van der Waals surface area contributed by atoms with Crippen molar-refractivity contribution < 1.29 is 9.53 Å². The molecule has 27 heavy (non-hydrogen) atoms. The van der Waals surface area contributed by atoms with E-state index >= 15 is 0 Å². The molecule has 3 nitrogen and oxygen atoms in total. The molecule has 5 aliphatic rings. The van der Waals surface area contributed by atoms with Gasteiger partial charge >= 0.3 is 5.97 Å². The summed E-state index contributed by atoms with van der Waals surface area (Å²) in [5, 5.41) is 0. The lowest BCUT2D eigenvalue weighted by Crippen LogP contribution is -2.51. The first-order chi connectivity index (χ1) is 12.8. The lowest BCUT2D eigenvalue weighted by atomic mass is 9.47. The van der Waals surface area contributed by atoms with Gasteiger partial charge in [-0.2, -0.15) is 0 Å². The van der Waals surface area contributed by atoms with E-state index in [1.54, 1.807) is 12.5 Å². The molecule has 3 heteroatoms. The van der Waals surface area contributed by atoms with E-state index in [-0.39, 0.29) is 12.1 Å². The number of rotatable bonds is 1. The van der Waals surface area contributed by atoms with Gasteiger partial charge in [-0.15, -0.1) is 0 Å². The van der Waals surface area contributed by atoms with Gasteiger partial charge in [-0.1, -0.05) is 18.6 Å². The van der Waals surface area contributed by atoms with Gasteiger partial charge in [0.1, 0.15) is 6.10 Å². The summed E-state index contributed by atoms with van der Waals surface area (Å²) < 4.78 is 5.58. The summed E-state index contributed by atoms with van der Waals surface area (Å²) in [4.78, 5) is 14.1. The number of hydrogen-bond donors (Lipinski definition) is 0. The summed E-state index contributed by atoms with van der Waals surface area (Å²) in [6.07, 6.45) is 13.0. The van der Waals surface area contributed by atoms with Crippen LogP contribution in [0, 0.1) is 34.5 Å². The minimum atomic E-state index is -0.117. The van der Waals surface area contributed by atoms with Crippen molar-refractivity contribution in [2.45, 2.75) is 84.3 Å². The van der Waals surface area contributed by atoms with Gasteiger partial charge in [-0.3, -0.25) is 4.79 Å². The third-order valence-corrected chi connectivity index (χ3v) is 10.00. The van der Waals surface area contributed by atoms with Crippen LogP contribution in [0.3, 0.4) is 0 Å². The standard InChI is InChI=1S/C24H37NO2/c1-15-20-7-8-22-19-6-5-17-13-18(27-16(2)26)9-11-23(17,3)21(19)10-12-24(20,22)14-25(15)4/h5,15,18-22H,6-14H2,1-4H3/t15-,18-,19+,20+,21-,22-,23-,24-/m0/s1. The summed E-state index contributed by atoms with van der Waals surface area (Å²) in [6, 6.07) is 0.774. The number of hydrogen-bond acceptors (Lipinski definition) is 3. The second kappa shape index (κ2) is 6.08. The number of nitrogens with zero attached hydrogens (tertiary/aromatic N) is 1. The summed E-state index contributed by atoms with van der Waals surface area (Å²) in [7, 11) is 2.36. The fourth-order valence-electron chi connectivity index (χ4n) is 8.76. The fraction of sp³-hybridized carbons (Fsp3) is 0.875. The number of ether oxygens (including phenoxy) is 1. The molecule has 1 aliphatic heterocycles. The van der Waals surface area contributed by atoms with Gasteiger partial charge in [0, 0.05) is 25.9 Å². The van der Waals surface area contributed by atoms with Crippen LogP contribution in [-0.4, -0.2) is 36.6 Å². The molecule has 3 saturated carbocycles. The molecule has 0 aromatic heterocycles. The quantitative estimate of drug-likeness (QED) is 0.489. The minimum absolute atomic E-state index is 0.117. The average molecular weight is 372 g/mol. The van der Waals surface area contributed by atoms with Crippen molar-refractivity contribution in [2.75, 3.05) is 13.6 Å². The first kappa shape index (κ1) is 18.2. The van der Waals surface area contributed by atoms with Gasteiger partial charge in [-0.25, -0.2) is 0 Å². The third kappa shape index (κ3) is 2.46. The maximum absolute atomic E-state index is 11.4. The van der Waals surface area contributed by atoms with Crippen LogP contribution in [0.1, 0.15) is 72.1 Å². The molecule has 0 aromatic rings. The first-order valence-corrected chi connectivity index (χ1v) is 11.4. The lowest BCUT2D eigenvalue weighted by Gasteiger charge is -2.58. The Balaban J connectivity index is 1.42. The fourth-order valence-corrected chi connectivity index (χ4v) is 8.76. The summed E-state index contributed by atoms with van der Waals surface area (Å²) in [6.45, 7) is 7.92. The van der Waals surface area contributed by atoms with Crippen LogP contribution >= 0.6 is 0 Å². The Bertz CT molecular complexity index is 671. The predicted octanol–water partition coefficient (Wildman–Crippen LogP) is 4.81. The third-order valence-electron chi connectivity index (χ3n) is 10.00. The molecule has 4 aliphatic carbocycles. The molecule has 0 amide bonds. The van der Waals surface area contributed by atoms with Crippen molar-refractivity contribution >= 4 is 5.97 Å². The van der Waals surface area contributed by atoms with Gasteiger partial charge in [0.25, 0.3) is 0 Å². The monoisotopic (exact) mass is 371 g/mol. The van der Waals surface area contributed by atoms with Crippen LogP contribution in [0.2, 0.25) is 0 Å². The second-order valence-corrected chi connectivity index (χ2v) is 10.8. The van der Waals surface area contributed by atoms with Crippen LogP contribution in [0.5, 0.6) is 0 Å². The molecule has 1 saturated heterocycles. The molecule has 1 heterocycles. The highest BCUT2D eigenvalue weighted by atomic mass is 16.5. The number of fused-ring (bicyclic) bond motifs is 4. The van der Waals surface area contributed by atoms with E-state index in [2.05, 4.69) is 31.9 Å². The van der Waals surface area contributed by atoms with Gasteiger partial charge in [-0.05, 0) is 93.4 Å². The maximum Gasteiger partial charge on any atom is 0.302 e. The van der Waals surface area contributed by atoms with Gasteiger partial charge in [0.05, 0.1) is 0 Å². The zero-order valence-corrected chi connectivity index (χ0v) is 17.7. The van der Waals surface area contributed by atoms with Crippen molar-refractivity contribution in [1.82, 2.24) is 4.90 Å². The van der Waals surface area contributed by atoms with Gasteiger partial charge < -0.3 is 9.64 Å². The van der Waals surface area contributed by atoms with E-state index in [1.807, 2.05) is 0 Å². The van der Waals surface area contributed by atoms with Crippen molar-refractivity contribution in [3.8, 4) is 0 Å². The second-order valence-electron chi connectivity index (χ2n) is 10.8. The smallest absolute Gasteiger partial charge is 0.302 e. The zero-order valence-electron chi connectivity index (χ0n) is 17.7. The minimum Gasteiger partial charge on any atom is -0.462 e. The molecular weight excluding hydrogens is 334 g/mol. The van der Waals surface area contributed by atoms with E-state index in [9.17, 15) is 4.79 Å². The Morgan fingerprint density at radius 3 is 2.70 bits per heavy atom. The number of esters is 1. The van der Waals surface area contributed by atoms with Crippen LogP contribution in [0.15, 0.2) is 11.6 Å². The van der Waals surface area contributed by atoms with Crippen molar-refractivity contribution in [3.63, 3.8) is 0 Å². The highest BCUT2D eigenvalue weighted by Crippen LogP contribution is 2.68. The van der Waals surface area contributed by atoms with E-state index in [0.29, 0.717) is 10.8 Å². The van der Waals surface area contributed by atoms with E-state index in [0.717, 1.165) is 42.6 Å². The van der Waals surface area contributed by atoms with E-state index in [4.69, 9.17) is 4.74 Å². The Labute approximate surface area is 164 Å². The summed E-state index contributed by atoms with van der Waals surface area (Å²) in [5.74, 6) is 3.50. The SMILES string of the molecule is CC(=O)O[C@H]1CC[C@@]2(C)C(=CC[C@H]3[C@@H]4CC[C@@H]5[C@H](C)N(C)C[C@@]54CC[C@@H]32)C1. The maximum atomic E-state index is 11.4. The Morgan fingerprint density at radius 1 is 1.15 bits per heavy atom. The Hall–Kier alpha value is -0.830. The average Bonchev–Trinajstić information content (AvgIpc) is 3.09. The normalized spacial score (nSPS) is 51.6. The van der Waals surface area contributed by atoms with Crippen LogP contribution in [0.25, 0.3) is 0 Å². The number of allylic oxidation sites excluding steroid dienone is 1. The van der Waals surface area contributed by atoms with Crippen LogP contribution in [0.4, 0.5) is 0 Å². The molecule has 0 bridgehead atoms. The van der Waals surface area contributed by atoms with Gasteiger partial charge in [0.15, 0.2) is 0 Å². The Morgan fingerprint density at radius 2 is 1.93 bits per heavy atom. The number of carbonyl (C=O) groups is 1. The first-order valence-electron chi connectivity index (χ1n) is 11.4. The van der Waals surface area contributed by atoms with Crippen LogP contribution in [-0.2, 0) is 9.53 Å². The lowest BCUT2D eigenvalue weighted by molar-refractivity contribution is -0.148. The molecule has 8 atom stereocenters. The van der Waals surface area contributed by atoms with Crippen molar-refractivity contribution in [1.29, 1.82) is 0 Å². The van der Waals surface area contributed by atoms with E-state index < -0.39 is 0 Å². The molecule has 150 valence electrons. The molecular formula is C24H37NO2. The molecule has 0 unspecified atom stereocenters. The number of carbonyl (C=O) groups excluding carboxylic acids is 1. The zero-order chi connectivity index (χ0) is 19.0. The van der Waals surface area contributed by atoms with Crippen LogP contribution < -0.4 is 0 Å². The molecule has 5 rings (SSSR count). The largest absolute Gasteiger partial charge is 0.462 e. The predicted molar refractivity (Wildman–Crippen MR) is 107 cm³/mol. The number of likely N-dealkylation sites (tertiary alicyclic amines) is 1. The highest BCUT2D eigenvalue weighted by molar-refractivity contribution is 5.66. The van der Waals surface area contributed by atoms with E-state index in [1.165, 1.54) is 45.1 Å². The van der Waals surface area contributed by atoms with Gasteiger partial charge in [0.2, 0.25) is 0 Å². The molecule has 0 aromatic carbocycles. The summed E-state index contributed by atoms with van der Waals surface area (Å²) in [5.41, 5.74) is 2.59. The highest BCUT2D eigenvalue weighted by Gasteiger charge is 2.63. The molecule has 0 radical (unpaired) electrons. The molecule has 1 spiro atoms. The molecule has 4 fully saturated rings. The van der Waals surface area contributed by atoms with Crippen molar-refractivity contribution in [3.05, 3.63) is 11.6 Å². The van der Waals surface area contributed by atoms with Crippen molar-refractivity contribution in [2.24, 2.45) is 34.5 Å². The Kier molecular flexibility index (Phi) is 4.10.